The zero-order valence-corrected chi connectivity index (χ0v) is 14.4. The van der Waals surface area contributed by atoms with E-state index in [2.05, 4.69) is 10.3 Å². The van der Waals surface area contributed by atoms with Crippen molar-refractivity contribution >= 4 is 29.2 Å². The normalized spacial score (nSPS) is 16.7. The molecule has 2 aromatic rings. The van der Waals surface area contributed by atoms with E-state index in [0.717, 1.165) is 12.0 Å². The summed E-state index contributed by atoms with van der Waals surface area (Å²) in [4.78, 5) is 30.7. The van der Waals surface area contributed by atoms with Crippen molar-refractivity contribution in [2.24, 2.45) is 0 Å². The number of hydrogen-bond donors (Lipinski definition) is 2. The lowest BCUT2D eigenvalue weighted by Crippen LogP contribution is -2.45. The number of aromatic nitrogens is 1. The van der Waals surface area contributed by atoms with E-state index in [9.17, 15) is 9.59 Å². The van der Waals surface area contributed by atoms with Crippen LogP contribution in [0.1, 0.15) is 28.8 Å². The first kappa shape index (κ1) is 17.2. The molecule has 0 bridgehead atoms. The summed E-state index contributed by atoms with van der Waals surface area (Å²) in [6.07, 6.45) is 2.94. The SMILES string of the molecule is Nc1cc(C(=O)N2CCC[C@H]2C(=O)NCc2ccc(Cl)cc2)ccn1. The van der Waals surface area contributed by atoms with Gasteiger partial charge in [0.2, 0.25) is 5.91 Å². The number of rotatable bonds is 4. The molecule has 2 amide bonds. The van der Waals surface area contributed by atoms with Gasteiger partial charge in [0.15, 0.2) is 0 Å². The summed E-state index contributed by atoms with van der Waals surface area (Å²) in [5, 5.41) is 3.55. The summed E-state index contributed by atoms with van der Waals surface area (Å²) in [6, 6.07) is 9.96. The van der Waals surface area contributed by atoms with E-state index in [-0.39, 0.29) is 17.6 Å². The monoisotopic (exact) mass is 358 g/mol. The number of hydrogen-bond acceptors (Lipinski definition) is 4. The maximum Gasteiger partial charge on any atom is 0.254 e. The molecule has 0 unspecified atom stereocenters. The Morgan fingerprint density at radius 2 is 2.04 bits per heavy atom. The molecule has 25 heavy (non-hydrogen) atoms. The lowest BCUT2D eigenvalue weighted by atomic mass is 10.1. The summed E-state index contributed by atoms with van der Waals surface area (Å²) >= 11 is 5.86. The number of nitrogen functional groups attached to an aromatic ring is 1. The van der Waals surface area contributed by atoms with Crippen molar-refractivity contribution in [2.45, 2.75) is 25.4 Å². The molecule has 1 saturated heterocycles. The van der Waals surface area contributed by atoms with Gasteiger partial charge in [-0.2, -0.15) is 0 Å². The predicted molar refractivity (Wildman–Crippen MR) is 96.0 cm³/mol. The molecule has 0 saturated carbocycles. The molecule has 1 aliphatic heterocycles. The number of nitrogens with one attached hydrogen (secondary N) is 1. The van der Waals surface area contributed by atoms with Crippen LogP contribution in [0, 0.1) is 0 Å². The smallest absolute Gasteiger partial charge is 0.254 e. The molecule has 2 heterocycles. The van der Waals surface area contributed by atoms with E-state index < -0.39 is 6.04 Å². The van der Waals surface area contributed by atoms with E-state index in [4.69, 9.17) is 17.3 Å². The Morgan fingerprint density at radius 1 is 1.28 bits per heavy atom. The molecule has 130 valence electrons. The fourth-order valence-corrected chi connectivity index (χ4v) is 3.06. The van der Waals surface area contributed by atoms with Crippen LogP contribution in [0.25, 0.3) is 0 Å². The van der Waals surface area contributed by atoms with E-state index in [1.807, 2.05) is 12.1 Å². The van der Waals surface area contributed by atoms with Gasteiger partial charge in [0.05, 0.1) is 0 Å². The molecule has 3 N–H and O–H groups in total. The molecule has 1 aromatic carbocycles. The molecule has 1 fully saturated rings. The molecule has 0 spiro atoms. The number of nitrogens with two attached hydrogens (primary N) is 1. The topological polar surface area (TPSA) is 88.3 Å². The average Bonchev–Trinajstić information content (AvgIpc) is 3.10. The predicted octanol–water partition coefficient (Wildman–Crippen LogP) is 2.24. The van der Waals surface area contributed by atoms with Crippen molar-refractivity contribution in [3.8, 4) is 0 Å². The van der Waals surface area contributed by atoms with Crippen LogP contribution in [0.3, 0.4) is 0 Å². The van der Waals surface area contributed by atoms with Crippen LogP contribution >= 0.6 is 11.6 Å². The summed E-state index contributed by atoms with van der Waals surface area (Å²) in [6.45, 7) is 0.955. The van der Waals surface area contributed by atoms with Crippen LogP contribution < -0.4 is 11.1 Å². The number of benzene rings is 1. The maximum atomic E-state index is 12.7. The highest BCUT2D eigenvalue weighted by atomic mass is 35.5. The number of carbonyl (C=O) groups is 2. The van der Waals surface area contributed by atoms with Crippen molar-refractivity contribution < 1.29 is 9.59 Å². The van der Waals surface area contributed by atoms with Crippen molar-refractivity contribution in [1.82, 2.24) is 15.2 Å². The van der Waals surface area contributed by atoms with Crippen LogP contribution in [0.4, 0.5) is 5.82 Å². The summed E-state index contributed by atoms with van der Waals surface area (Å²) in [7, 11) is 0. The Bertz CT molecular complexity index is 779. The summed E-state index contributed by atoms with van der Waals surface area (Å²) < 4.78 is 0. The van der Waals surface area contributed by atoms with Gasteiger partial charge in [0, 0.05) is 29.9 Å². The number of likely N-dealkylation sites (tertiary alicyclic amines) is 1. The van der Waals surface area contributed by atoms with Crippen molar-refractivity contribution in [3.05, 3.63) is 58.7 Å². The number of amides is 2. The van der Waals surface area contributed by atoms with E-state index in [0.29, 0.717) is 30.1 Å². The zero-order chi connectivity index (χ0) is 17.8. The fourth-order valence-electron chi connectivity index (χ4n) is 2.94. The fraction of sp³-hybridized carbons (Fsp3) is 0.278. The minimum Gasteiger partial charge on any atom is -0.384 e. The maximum absolute atomic E-state index is 12.7. The van der Waals surface area contributed by atoms with Gasteiger partial charge in [0.25, 0.3) is 5.91 Å². The molecule has 0 radical (unpaired) electrons. The van der Waals surface area contributed by atoms with Gasteiger partial charge in [-0.1, -0.05) is 23.7 Å². The average molecular weight is 359 g/mol. The van der Waals surface area contributed by atoms with E-state index in [1.54, 1.807) is 23.1 Å². The third-order valence-electron chi connectivity index (χ3n) is 4.22. The van der Waals surface area contributed by atoms with Crippen LogP contribution in [0.2, 0.25) is 5.02 Å². The van der Waals surface area contributed by atoms with E-state index in [1.165, 1.54) is 12.3 Å². The van der Waals surface area contributed by atoms with Gasteiger partial charge in [0.1, 0.15) is 11.9 Å². The second kappa shape index (κ2) is 7.53. The first-order chi connectivity index (χ1) is 12.0. The minimum absolute atomic E-state index is 0.150. The second-order valence-corrected chi connectivity index (χ2v) is 6.41. The highest BCUT2D eigenvalue weighted by molar-refractivity contribution is 6.30. The quantitative estimate of drug-likeness (QED) is 0.877. The molecule has 0 aliphatic carbocycles. The van der Waals surface area contributed by atoms with Gasteiger partial charge in [-0.15, -0.1) is 0 Å². The first-order valence-electron chi connectivity index (χ1n) is 8.09. The number of nitrogens with zero attached hydrogens (tertiary/aromatic N) is 2. The highest BCUT2D eigenvalue weighted by Crippen LogP contribution is 2.21. The van der Waals surface area contributed by atoms with Crippen molar-refractivity contribution in [1.29, 1.82) is 0 Å². The van der Waals surface area contributed by atoms with E-state index >= 15 is 0 Å². The third kappa shape index (κ3) is 4.09. The zero-order valence-electron chi connectivity index (χ0n) is 13.6. The van der Waals surface area contributed by atoms with Gasteiger partial charge in [-0.25, -0.2) is 4.98 Å². The van der Waals surface area contributed by atoms with Crippen LogP contribution in [-0.4, -0.2) is 34.3 Å². The van der Waals surface area contributed by atoms with Gasteiger partial charge in [-0.05, 0) is 42.7 Å². The molecule has 7 heteroatoms. The standard InChI is InChI=1S/C18H19ClN4O2/c19-14-5-3-12(4-6-14)11-22-17(24)15-2-1-9-23(15)18(25)13-7-8-21-16(20)10-13/h3-8,10,15H,1-2,9,11H2,(H2,20,21)(H,22,24)/t15-/m0/s1. The van der Waals surface area contributed by atoms with Crippen molar-refractivity contribution in [3.63, 3.8) is 0 Å². The van der Waals surface area contributed by atoms with Gasteiger partial charge >= 0.3 is 0 Å². The van der Waals surface area contributed by atoms with Crippen molar-refractivity contribution in [2.75, 3.05) is 12.3 Å². The van der Waals surface area contributed by atoms with Gasteiger partial charge in [-0.3, -0.25) is 9.59 Å². The number of anilines is 1. The number of halogens is 1. The number of carbonyl (C=O) groups excluding carboxylic acids is 2. The lowest BCUT2D eigenvalue weighted by Gasteiger charge is -2.24. The second-order valence-electron chi connectivity index (χ2n) is 5.97. The summed E-state index contributed by atoms with van der Waals surface area (Å²) in [5.74, 6) is -0.0603. The summed E-state index contributed by atoms with van der Waals surface area (Å²) in [5.41, 5.74) is 7.04. The Morgan fingerprint density at radius 3 is 2.76 bits per heavy atom. The molecular weight excluding hydrogens is 340 g/mol. The first-order valence-corrected chi connectivity index (χ1v) is 8.47. The van der Waals surface area contributed by atoms with Crippen LogP contribution in [-0.2, 0) is 11.3 Å². The highest BCUT2D eigenvalue weighted by Gasteiger charge is 2.34. The molecule has 3 rings (SSSR count). The largest absolute Gasteiger partial charge is 0.384 e. The Balaban J connectivity index is 1.65. The molecule has 6 nitrogen and oxygen atoms in total. The number of pyridine rings is 1. The van der Waals surface area contributed by atoms with Gasteiger partial charge < -0.3 is 16.0 Å². The third-order valence-corrected chi connectivity index (χ3v) is 4.48. The minimum atomic E-state index is -0.464. The molecule has 1 atom stereocenters. The molecule has 1 aromatic heterocycles. The molecule has 1 aliphatic rings. The molecular formula is C18H19ClN4O2. The Labute approximate surface area is 151 Å². The van der Waals surface area contributed by atoms with Crippen LogP contribution in [0.5, 0.6) is 0 Å². The van der Waals surface area contributed by atoms with Crippen LogP contribution in [0.15, 0.2) is 42.6 Å². The Hall–Kier alpha value is -2.60. The Kier molecular flexibility index (Phi) is 5.19. The lowest BCUT2D eigenvalue weighted by molar-refractivity contribution is -0.125.